The maximum absolute atomic E-state index is 12.8. The molecule has 2 rings (SSSR count). The molecule has 0 spiro atoms. The van der Waals surface area contributed by atoms with Crippen LogP contribution < -0.4 is 0 Å². The third kappa shape index (κ3) is 3.48. The number of sulfone groups is 1. The van der Waals surface area contributed by atoms with Gasteiger partial charge >= 0.3 is 0 Å². The third-order valence-corrected chi connectivity index (χ3v) is 4.62. The van der Waals surface area contributed by atoms with E-state index in [0.717, 1.165) is 0 Å². The molecule has 0 aliphatic carbocycles. The Balaban J connectivity index is 2.47. The summed E-state index contributed by atoms with van der Waals surface area (Å²) in [7, 11) is -3.93. The fourth-order valence-electron chi connectivity index (χ4n) is 1.62. The van der Waals surface area contributed by atoms with E-state index in [1.165, 1.54) is 54.6 Å². The maximum atomic E-state index is 12.8. The topological polar surface area (TPSA) is 57.9 Å². The molecule has 0 aromatic heterocycles. The molecule has 0 saturated carbocycles. The smallest absolute Gasteiger partial charge is 0.216 e. The Kier molecular flexibility index (Phi) is 4.41. The van der Waals surface area contributed by atoms with Crippen LogP contribution in [-0.4, -0.2) is 8.42 Å². The predicted octanol–water partition coefficient (Wildman–Crippen LogP) is 3.82. The molecule has 0 radical (unpaired) electrons. The van der Waals surface area contributed by atoms with Crippen molar-refractivity contribution in [3.05, 3.63) is 69.8 Å². The summed E-state index contributed by atoms with van der Waals surface area (Å²) in [5, 5.41) is 9.49. The normalized spacial score (nSPS) is 12.0. The van der Waals surface area contributed by atoms with E-state index in [-0.39, 0.29) is 4.90 Å². The Labute approximate surface area is 126 Å². The summed E-state index contributed by atoms with van der Waals surface area (Å²) in [5.41, 5.74) is 0.422. The summed E-state index contributed by atoms with van der Waals surface area (Å²) < 4.78 is 37.5. The summed E-state index contributed by atoms with van der Waals surface area (Å²) in [6.45, 7) is 0. The second-order valence-corrected chi connectivity index (χ2v) is 6.48. The van der Waals surface area contributed by atoms with Crippen LogP contribution in [0, 0.1) is 17.1 Å². The lowest BCUT2D eigenvalue weighted by Gasteiger charge is -2.03. The van der Waals surface area contributed by atoms with Crippen LogP contribution in [0.2, 0.25) is 5.02 Å². The van der Waals surface area contributed by atoms with Crippen molar-refractivity contribution in [2.24, 2.45) is 0 Å². The lowest BCUT2D eigenvalue weighted by atomic mass is 10.2. The lowest BCUT2D eigenvalue weighted by molar-refractivity contribution is 0.603. The van der Waals surface area contributed by atoms with E-state index in [4.69, 9.17) is 16.9 Å². The van der Waals surface area contributed by atoms with Crippen LogP contribution in [0.4, 0.5) is 4.39 Å². The van der Waals surface area contributed by atoms with Gasteiger partial charge in [-0.3, -0.25) is 0 Å². The van der Waals surface area contributed by atoms with E-state index >= 15 is 0 Å². The van der Waals surface area contributed by atoms with E-state index in [2.05, 4.69) is 0 Å². The molecule has 0 aliphatic rings. The molecule has 0 heterocycles. The quantitative estimate of drug-likeness (QED) is 0.807. The highest BCUT2D eigenvalue weighted by Gasteiger charge is 2.20. The molecular weight excluding hydrogens is 313 g/mol. The second-order valence-electron chi connectivity index (χ2n) is 4.13. The van der Waals surface area contributed by atoms with Crippen LogP contribution in [0.15, 0.2) is 58.3 Å². The Morgan fingerprint density at radius 1 is 1.10 bits per heavy atom. The molecule has 106 valence electrons. The second kappa shape index (κ2) is 6.08. The van der Waals surface area contributed by atoms with Gasteiger partial charge in [0.05, 0.1) is 4.90 Å². The first-order valence-corrected chi connectivity index (χ1v) is 7.67. The maximum Gasteiger partial charge on any atom is 0.216 e. The molecular formula is C15H9ClFNO2S. The van der Waals surface area contributed by atoms with Gasteiger partial charge < -0.3 is 0 Å². The van der Waals surface area contributed by atoms with Gasteiger partial charge in [0.15, 0.2) is 0 Å². The average Bonchev–Trinajstić information content (AvgIpc) is 2.47. The van der Waals surface area contributed by atoms with Gasteiger partial charge in [0.1, 0.15) is 16.8 Å². The Morgan fingerprint density at radius 3 is 2.19 bits per heavy atom. The molecule has 0 bridgehead atoms. The highest BCUT2D eigenvalue weighted by atomic mass is 35.5. The largest absolute Gasteiger partial charge is 0.218 e. The first-order chi connectivity index (χ1) is 9.93. The first-order valence-electron chi connectivity index (χ1n) is 5.81. The molecule has 0 fully saturated rings. The molecule has 2 aromatic rings. The van der Waals surface area contributed by atoms with Gasteiger partial charge in [0, 0.05) is 5.02 Å². The summed E-state index contributed by atoms with van der Waals surface area (Å²) in [6.07, 6.45) is 1.20. The molecule has 0 aliphatic heterocycles. The van der Waals surface area contributed by atoms with Gasteiger partial charge in [-0.15, -0.1) is 0 Å². The van der Waals surface area contributed by atoms with Gasteiger partial charge in [0.2, 0.25) is 9.84 Å². The van der Waals surface area contributed by atoms with Crippen molar-refractivity contribution in [1.29, 1.82) is 5.26 Å². The van der Waals surface area contributed by atoms with Crippen molar-refractivity contribution in [3.63, 3.8) is 0 Å². The van der Waals surface area contributed by atoms with E-state index < -0.39 is 20.6 Å². The molecule has 3 nitrogen and oxygen atoms in total. The van der Waals surface area contributed by atoms with Crippen molar-refractivity contribution < 1.29 is 12.8 Å². The first kappa shape index (κ1) is 15.2. The molecule has 21 heavy (non-hydrogen) atoms. The van der Waals surface area contributed by atoms with Gasteiger partial charge in [-0.05, 0) is 48.0 Å². The van der Waals surface area contributed by atoms with Crippen molar-refractivity contribution in [2.45, 2.75) is 4.90 Å². The van der Waals surface area contributed by atoms with Crippen LogP contribution in [0.1, 0.15) is 5.56 Å². The van der Waals surface area contributed by atoms with E-state index in [1.54, 1.807) is 6.07 Å². The number of halogens is 2. The molecule has 0 atom stereocenters. The summed E-state index contributed by atoms with van der Waals surface area (Å²) >= 11 is 5.71. The Hall–Kier alpha value is -2.16. The number of benzene rings is 2. The van der Waals surface area contributed by atoms with Crippen molar-refractivity contribution in [1.82, 2.24) is 0 Å². The average molecular weight is 322 g/mol. The minimum Gasteiger partial charge on any atom is -0.218 e. The number of nitriles is 1. The highest BCUT2D eigenvalue weighted by Crippen LogP contribution is 2.22. The van der Waals surface area contributed by atoms with Gasteiger partial charge in [0.25, 0.3) is 0 Å². The van der Waals surface area contributed by atoms with Gasteiger partial charge in [-0.1, -0.05) is 23.7 Å². The zero-order valence-corrected chi connectivity index (χ0v) is 12.2. The summed E-state index contributed by atoms with van der Waals surface area (Å²) in [5.74, 6) is -0.439. The number of rotatable bonds is 3. The van der Waals surface area contributed by atoms with Gasteiger partial charge in [-0.2, -0.15) is 5.26 Å². The summed E-state index contributed by atoms with van der Waals surface area (Å²) in [6, 6.07) is 12.3. The number of allylic oxidation sites excluding steroid dienone is 1. The minimum atomic E-state index is -3.93. The molecule has 2 aromatic carbocycles. The van der Waals surface area contributed by atoms with Crippen molar-refractivity contribution in [3.8, 4) is 6.07 Å². The number of hydrogen-bond donors (Lipinski definition) is 0. The van der Waals surface area contributed by atoms with E-state index in [1.807, 2.05) is 0 Å². The monoisotopic (exact) mass is 321 g/mol. The van der Waals surface area contributed by atoms with Gasteiger partial charge in [-0.25, -0.2) is 12.8 Å². The van der Waals surface area contributed by atoms with Crippen LogP contribution in [0.3, 0.4) is 0 Å². The van der Waals surface area contributed by atoms with Crippen LogP contribution in [0.25, 0.3) is 6.08 Å². The highest BCUT2D eigenvalue weighted by molar-refractivity contribution is 7.95. The SMILES string of the molecule is N#CC(=Cc1ccc(F)cc1)S(=O)(=O)c1ccc(Cl)cc1. The minimum absolute atomic E-state index is 0.0261. The Bertz CT molecular complexity index is 819. The predicted molar refractivity (Wildman–Crippen MR) is 78.6 cm³/mol. The molecule has 0 saturated heterocycles. The summed E-state index contributed by atoms with van der Waals surface area (Å²) in [4.78, 5) is -0.446. The molecule has 6 heteroatoms. The van der Waals surface area contributed by atoms with Crippen LogP contribution in [0.5, 0.6) is 0 Å². The fourth-order valence-corrected chi connectivity index (χ4v) is 2.91. The zero-order valence-electron chi connectivity index (χ0n) is 10.6. The van der Waals surface area contributed by atoms with Crippen molar-refractivity contribution in [2.75, 3.05) is 0 Å². The zero-order chi connectivity index (χ0) is 15.5. The Morgan fingerprint density at radius 2 is 1.67 bits per heavy atom. The molecule has 0 amide bonds. The standard InChI is InChI=1S/C15H9ClFNO2S/c16-12-3-7-14(8-4-12)21(19,20)15(10-18)9-11-1-5-13(17)6-2-11/h1-9H. The molecule has 0 unspecified atom stereocenters. The van der Waals surface area contributed by atoms with E-state index in [9.17, 15) is 12.8 Å². The number of nitrogens with zero attached hydrogens (tertiary/aromatic N) is 1. The third-order valence-electron chi connectivity index (χ3n) is 2.69. The van der Waals surface area contributed by atoms with E-state index in [0.29, 0.717) is 10.6 Å². The van der Waals surface area contributed by atoms with Crippen LogP contribution >= 0.6 is 11.6 Å². The molecule has 0 N–H and O–H groups in total. The number of hydrogen-bond acceptors (Lipinski definition) is 3. The lowest BCUT2D eigenvalue weighted by Crippen LogP contribution is -2.03. The van der Waals surface area contributed by atoms with Crippen molar-refractivity contribution >= 4 is 27.5 Å². The van der Waals surface area contributed by atoms with Crippen LogP contribution in [-0.2, 0) is 9.84 Å². The fraction of sp³-hybridized carbons (Fsp3) is 0.